The highest BCUT2D eigenvalue weighted by Gasteiger charge is 2.30. The molecule has 0 spiro atoms. The number of unbranched alkanes of at least 4 members (excludes halogenated alkanes) is 1. The number of aliphatic carboxylic acids is 1. The summed E-state index contributed by atoms with van der Waals surface area (Å²) in [6.07, 6.45) is 9.10. The van der Waals surface area contributed by atoms with Crippen LogP contribution in [-0.2, 0) is 11.2 Å². The second-order valence-corrected chi connectivity index (χ2v) is 7.81. The zero-order valence-electron chi connectivity index (χ0n) is 16.1. The molecule has 1 aromatic carbocycles. The number of nitrogens with zero attached hydrogens (tertiary/aromatic N) is 2. The lowest BCUT2D eigenvalue weighted by Gasteiger charge is -2.18. The Balaban J connectivity index is 1.66. The fourth-order valence-electron chi connectivity index (χ4n) is 3.72. The van der Waals surface area contributed by atoms with Crippen LogP contribution in [-0.4, -0.2) is 26.8 Å². The third-order valence-corrected chi connectivity index (χ3v) is 5.44. The Bertz CT molecular complexity index is 1020. The summed E-state index contributed by atoms with van der Waals surface area (Å²) in [5, 5.41) is 8.86. The molecule has 1 saturated carbocycles. The van der Waals surface area contributed by atoms with E-state index in [2.05, 4.69) is 0 Å². The van der Waals surface area contributed by atoms with Crippen molar-refractivity contribution in [2.24, 2.45) is 5.92 Å². The van der Waals surface area contributed by atoms with Gasteiger partial charge in [-0.2, -0.15) is 0 Å². The summed E-state index contributed by atoms with van der Waals surface area (Å²) in [5.41, 5.74) is 3.48. The normalized spacial score (nSPS) is 18.7. The van der Waals surface area contributed by atoms with Crippen LogP contribution in [0.1, 0.15) is 66.2 Å². The van der Waals surface area contributed by atoms with E-state index >= 15 is 0 Å². The third-order valence-electron chi connectivity index (χ3n) is 5.44. The number of carbonyl (C=O) groups excluding carboxylic acids is 1. The highest BCUT2D eigenvalue weighted by molar-refractivity contribution is 6.01. The molecule has 1 atom stereocenters. The number of rotatable bonds is 8. The predicted octanol–water partition coefficient (Wildman–Crippen LogP) is 4.92. The molecule has 2 aliphatic carbocycles. The molecule has 2 aromatic rings. The van der Waals surface area contributed by atoms with Crippen LogP contribution >= 0.6 is 0 Å². The number of benzene rings is 1. The average Bonchev–Trinajstić information content (AvgIpc) is 3.55. The molecule has 1 unspecified atom stereocenters. The van der Waals surface area contributed by atoms with E-state index in [-0.39, 0.29) is 36.3 Å². The van der Waals surface area contributed by atoms with Crippen molar-refractivity contribution in [1.29, 1.82) is 0 Å². The van der Waals surface area contributed by atoms with Gasteiger partial charge < -0.3 is 5.11 Å². The maximum Gasteiger partial charge on any atom is 0.303 e. The maximum absolute atomic E-state index is 13.8. The lowest BCUT2D eigenvalue weighted by atomic mass is 9.93. The molecule has 0 saturated heterocycles. The molecule has 1 heterocycles. The number of aryl methyl sites for hydroxylation is 1. The van der Waals surface area contributed by atoms with Gasteiger partial charge in [0.25, 0.3) is 0 Å². The van der Waals surface area contributed by atoms with Crippen molar-refractivity contribution in [2.75, 3.05) is 0 Å². The van der Waals surface area contributed by atoms with E-state index in [9.17, 15) is 14.0 Å². The number of halogens is 1. The molecule has 5 nitrogen and oxygen atoms in total. The number of carbonyl (C=O) groups is 2. The Morgan fingerprint density at radius 2 is 1.97 bits per heavy atom. The summed E-state index contributed by atoms with van der Waals surface area (Å²) in [4.78, 5) is 32.7. The number of Topliss-reactive ketones (excluding diaryl/α,β-unsaturated/α-hetero) is 1. The first kappa shape index (κ1) is 19.4. The molecule has 1 aromatic heterocycles. The highest BCUT2D eigenvalue weighted by atomic mass is 19.1. The zero-order chi connectivity index (χ0) is 20.4. The van der Waals surface area contributed by atoms with Crippen molar-refractivity contribution < 1.29 is 19.1 Å². The number of carboxylic acid groups (broad SMARTS) is 1. The standard InChI is InChI=1S/C23H23FN2O3/c24-17-5-3-4-15(12-17)22-19(6-1-2-7-21(27)28)25-20-13-16(10-11-18(20)26-22)23(29)14-8-9-14/h3-5,10-11,13-15H,1-2,6-9,12H2,(H,27,28). The third kappa shape index (κ3) is 4.58. The number of allylic oxidation sites excluding steroid dienone is 4. The van der Waals surface area contributed by atoms with Crippen LogP contribution in [0.25, 0.3) is 11.0 Å². The van der Waals surface area contributed by atoms with E-state index in [1.807, 2.05) is 12.1 Å². The monoisotopic (exact) mass is 394 g/mol. The first-order chi connectivity index (χ1) is 14.0. The minimum atomic E-state index is -0.819. The minimum absolute atomic E-state index is 0.108. The summed E-state index contributed by atoms with van der Waals surface area (Å²) in [6, 6.07) is 5.41. The molecule has 2 aliphatic rings. The van der Waals surface area contributed by atoms with E-state index in [1.165, 1.54) is 6.08 Å². The van der Waals surface area contributed by atoms with Crippen LogP contribution in [0.2, 0.25) is 0 Å². The summed E-state index contributed by atoms with van der Waals surface area (Å²) < 4.78 is 13.8. The van der Waals surface area contributed by atoms with E-state index in [0.717, 1.165) is 24.2 Å². The molecule has 4 rings (SSSR count). The Kier molecular flexibility index (Phi) is 5.51. The molecule has 1 fully saturated rings. The quantitative estimate of drug-likeness (QED) is 0.508. The highest BCUT2D eigenvalue weighted by Crippen LogP contribution is 2.34. The minimum Gasteiger partial charge on any atom is -0.481 e. The van der Waals surface area contributed by atoms with Crippen LogP contribution in [0.15, 0.2) is 42.3 Å². The molecular formula is C23H23FN2O3. The summed E-state index contributed by atoms with van der Waals surface area (Å²) >= 11 is 0. The number of carboxylic acids is 1. The van der Waals surface area contributed by atoms with Crippen LogP contribution in [0.4, 0.5) is 4.39 Å². The van der Waals surface area contributed by atoms with Crippen LogP contribution in [0.5, 0.6) is 0 Å². The fourth-order valence-corrected chi connectivity index (χ4v) is 3.72. The smallest absolute Gasteiger partial charge is 0.303 e. The Morgan fingerprint density at radius 3 is 2.69 bits per heavy atom. The summed E-state index contributed by atoms with van der Waals surface area (Å²) in [6.45, 7) is 0. The second-order valence-electron chi connectivity index (χ2n) is 7.81. The molecule has 29 heavy (non-hydrogen) atoms. The molecule has 0 bridgehead atoms. The van der Waals surface area contributed by atoms with Crippen LogP contribution in [0, 0.1) is 5.92 Å². The van der Waals surface area contributed by atoms with Gasteiger partial charge in [-0.25, -0.2) is 14.4 Å². The topological polar surface area (TPSA) is 80.1 Å². The van der Waals surface area contributed by atoms with E-state index in [4.69, 9.17) is 15.1 Å². The van der Waals surface area contributed by atoms with E-state index in [0.29, 0.717) is 35.9 Å². The second kappa shape index (κ2) is 8.23. The Labute approximate surface area is 168 Å². The van der Waals surface area contributed by atoms with Crippen molar-refractivity contribution in [1.82, 2.24) is 9.97 Å². The number of ketones is 1. The number of fused-ring (bicyclic) bond motifs is 1. The number of aromatic nitrogens is 2. The summed E-state index contributed by atoms with van der Waals surface area (Å²) in [5.74, 6) is -0.915. The summed E-state index contributed by atoms with van der Waals surface area (Å²) in [7, 11) is 0. The zero-order valence-corrected chi connectivity index (χ0v) is 16.1. The van der Waals surface area contributed by atoms with Gasteiger partial charge >= 0.3 is 5.97 Å². The Hall–Kier alpha value is -2.89. The van der Waals surface area contributed by atoms with Crippen molar-refractivity contribution in [3.05, 3.63) is 59.2 Å². The van der Waals surface area contributed by atoms with Gasteiger partial charge in [0.15, 0.2) is 5.78 Å². The van der Waals surface area contributed by atoms with Gasteiger partial charge in [-0.1, -0.05) is 12.2 Å². The van der Waals surface area contributed by atoms with Gasteiger partial charge in [0.05, 0.1) is 22.4 Å². The van der Waals surface area contributed by atoms with Gasteiger partial charge in [-0.05, 0) is 56.4 Å². The SMILES string of the molecule is O=C(O)CCCCc1nc2cc(C(=O)C3CC3)ccc2nc1C1C=CC=C(F)C1. The van der Waals surface area contributed by atoms with Gasteiger partial charge in [0.2, 0.25) is 0 Å². The van der Waals surface area contributed by atoms with Crippen LogP contribution in [0.3, 0.4) is 0 Å². The van der Waals surface area contributed by atoms with Gasteiger partial charge in [-0.15, -0.1) is 0 Å². The van der Waals surface area contributed by atoms with Crippen molar-refractivity contribution in [3.8, 4) is 0 Å². The van der Waals surface area contributed by atoms with Crippen molar-refractivity contribution >= 4 is 22.8 Å². The van der Waals surface area contributed by atoms with Crippen molar-refractivity contribution in [2.45, 2.75) is 50.9 Å². The van der Waals surface area contributed by atoms with E-state index in [1.54, 1.807) is 18.2 Å². The molecule has 0 amide bonds. The van der Waals surface area contributed by atoms with Crippen molar-refractivity contribution in [3.63, 3.8) is 0 Å². The molecule has 1 N–H and O–H groups in total. The van der Waals surface area contributed by atoms with Gasteiger partial charge in [0, 0.05) is 30.2 Å². The first-order valence-electron chi connectivity index (χ1n) is 10.1. The Morgan fingerprint density at radius 1 is 1.14 bits per heavy atom. The molecule has 0 aliphatic heterocycles. The lowest BCUT2D eigenvalue weighted by molar-refractivity contribution is -0.137. The van der Waals surface area contributed by atoms with Gasteiger partial charge in [0.1, 0.15) is 5.83 Å². The first-order valence-corrected chi connectivity index (χ1v) is 10.1. The maximum atomic E-state index is 13.8. The number of hydrogen-bond donors (Lipinski definition) is 1. The fraction of sp³-hybridized carbons (Fsp3) is 0.391. The molecule has 6 heteroatoms. The predicted molar refractivity (Wildman–Crippen MR) is 107 cm³/mol. The van der Waals surface area contributed by atoms with Gasteiger partial charge in [-0.3, -0.25) is 9.59 Å². The lowest BCUT2D eigenvalue weighted by Crippen LogP contribution is -2.10. The number of hydrogen-bond acceptors (Lipinski definition) is 4. The van der Waals surface area contributed by atoms with E-state index < -0.39 is 5.97 Å². The molecular weight excluding hydrogens is 371 g/mol. The van der Waals surface area contributed by atoms with Crippen LogP contribution < -0.4 is 0 Å². The average molecular weight is 394 g/mol. The molecule has 150 valence electrons. The molecule has 0 radical (unpaired) electrons. The largest absolute Gasteiger partial charge is 0.481 e.